The van der Waals surface area contributed by atoms with Crippen molar-refractivity contribution in [1.82, 2.24) is 4.72 Å². The Hall–Kier alpha value is -1.05. The van der Waals surface area contributed by atoms with Gasteiger partial charge in [0.05, 0.1) is 5.69 Å². The molecule has 0 spiro atoms. The van der Waals surface area contributed by atoms with Gasteiger partial charge in [-0.15, -0.1) is 0 Å². The van der Waals surface area contributed by atoms with Crippen molar-refractivity contribution >= 4 is 37.3 Å². The molecule has 0 fully saturated rings. The molecule has 0 saturated carbocycles. The molecule has 0 aliphatic carbocycles. The van der Waals surface area contributed by atoms with Crippen molar-refractivity contribution in [3.63, 3.8) is 0 Å². The summed E-state index contributed by atoms with van der Waals surface area (Å²) in [6.45, 7) is 4.22. The van der Waals surface area contributed by atoms with Crippen LogP contribution in [-0.4, -0.2) is 22.0 Å². The van der Waals surface area contributed by atoms with Crippen molar-refractivity contribution in [2.24, 2.45) is 0 Å². The van der Waals surface area contributed by atoms with Gasteiger partial charge in [-0.25, -0.2) is 13.1 Å². The number of hydrogen-bond donors (Lipinski definition) is 3. The van der Waals surface area contributed by atoms with Crippen LogP contribution >= 0.6 is 15.9 Å². The Balaban J connectivity index is 2.98. The number of hydrogen-bond acceptors (Lipinski definition) is 4. The van der Waals surface area contributed by atoms with Gasteiger partial charge in [-0.05, 0) is 25.2 Å². The number of sulfonamides is 1. The maximum atomic E-state index is 11.6. The van der Waals surface area contributed by atoms with Crippen LogP contribution in [0.1, 0.15) is 0 Å². The van der Waals surface area contributed by atoms with Crippen LogP contribution in [0.3, 0.4) is 0 Å². The number of nitrogens with one attached hydrogen (secondary N) is 2. The van der Waals surface area contributed by atoms with E-state index in [4.69, 9.17) is 5.73 Å². The van der Waals surface area contributed by atoms with Crippen molar-refractivity contribution in [2.45, 2.75) is 4.90 Å². The van der Waals surface area contributed by atoms with Gasteiger partial charge in [-0.2, -0.15) is 0 Å². The lowest BCUT2D eigenvalue weighted by molar-refractivity contribution is 0.588. The summed E-state index contributed by atoms with van der Waals surface area (Å²) in [6.07, 6.45) is 0. The lowest BCUT2D eigenvalue weighted by atomic mass is 10.3. The average Bonchev–Trinajstić information content (AvgIpc) is 2.26. The molecule has 4 N–H and O–H groups in total. The van der Waals surface area contributed by atoms with Crippen molar-refractivity contribution < 1.29 is 8.42 Å². The Morgan fingerprint density at radius 3 is 2.65 bits per heavy atom. The molecule has 1 aromatic rings. The summed E-state index contributed by atoms with van der Waals surface area (Å²) in [5, 5.41) is 3.04. The van der Waals surface area contributed by atoms with Crippen LogP contribution < -0.4 is 15.8 Å². The van der Waals surface area contributed by atoms with Crippen LogP contribution in [0.15, 0.2) is 34.2 Å². The molecule has 0 heterocycles. The van der Waals surface area contributed by atoms with Crippen molar-refractivity contribution in [3.05, 3.63) is 29.3 Å². The normalized spacial score (nSPS) is 11.2. The second-order valence-electron chi connectivity index (χ2n) is 3.33. The molecule has 94 valence electrons. The Kier molecular flexibility index (Phi) is 4.55. The van der Waals surface area contributed by atoms with Gasteiger partial charge in [-0.3, -0.25) is 0 Å². The van der Waals surface area contributed by atoms with Crippen LogP contribution in [0.2, 0.25) is 0 Å². The second-order valence-corrected chi connectivity index (χ2v) is 6.31. The first-order chi connectivity index (χ1) is 7.86. The summed E-state index contributed by atoms with van der Waals surface area (Å²) in [4.78, 5) is 0.0724. The molecule has 1 rings (SSSR count). The highest BCUT2D eigenvalue weighted by Crippen LogP contribution is 2.22. The molecule has 0 radical (unpaired) electrons. The third-order valence-electron chi connectivity index (χ3n) is 2.05. The van der Waals surface area contributed by atoms with Crippen molar-refractivity contribution in [2.75, 3.05) is 24.6 Å². The molecule has 0 aliphatic rings. The maximum absolute atomic E-state index is 11.6. The molecule has 0 unspecified atom stereocenters. The van der Waals surface area contributed by atoms with E-state index in [1.807, 2.05) is 0 Å². The molecule has 1 aromatic carbocycles. The molecule has 0 amide bonds. The van der Waals surface area contributed by atoms with Gasteiger partial charge in [0.25, 0.3) is 0 Å². The van der Waals surface area contributed by atoms with Crippen LogP contribution in [0.5, 0.6) is 0 Å². The highest BCUT2D eigenvalue weighted by molar-refractivity contribution is 9.11. The monoisotopic (exact) mass is 319 g/mol. The predicted octanol–water partition coefficient (Wildman–Crippen LogP) is 1.50. The number of rotatable bonds is 5. The Morgan fingerprint density at radius 2 is 2.18 bits per heavy atom. The standard InChI is InChI=1S/C10H14BrN3O2S/c1-7(11)6-14-8-3-4-10(9(12)5-8)17(15,16)13-2/h3-5,13-14H,1,6,12H2,2H3. The fourth-order valence-electron chi connectivity index (χ4n) is 1.21. The molecular weight excluding hydrogens is 306 g/mol. The van der Waals surface area contributed by atoms with Gasteiger partial charge in [0.1, 0.15) is 4.90 Å². The first-order valence-electron chi connectivity index (χ1n) is 4.77. The second kappa shape index (κ2) is 5.52. The molecule has 5 nitrogen and oxygen atoms in total. The lowest BCUT2D eigenvalue weighted by Crippen LogP contribution is -2.20. The van der Waals surface area contributed by atoms with Crippen LogP contribution in [0, 0.1) is 0 Å². The molecule has 17 heavy (non-hydrogen) atoms. The molecule has 0 saturated heterocycles. The van der Waals surface area contributed by atoms with Gasteiger partial charge in [0.2, 0.25) is 10.0 Å². The fourth-order valence-corrected chi connectivity index (χ4v) is 2.19. The highest BCUT2D eigenvalue weighted by atomic mass is 79.9. The summed E-state index contributed by atoms with van der Waals surface area (Å²) in [6, 6.07) is 4.68. The van der Waals surface area contributed by atoms with Gasteiger partial charge < -0.3 is 11.1 Å². The minimum Gasteiger partial charge on any atom is -0.398 e. The number of nitrogens with two attached hydrogens (primary N) is 1. The largest absolute Gasteiger partial charge is 0.398 e. The summed E-state index contributed by atoms with van der Waals surface area (Å²) >= 11 is 3.21. The van der Waals surface area contributed by atoms with Crippen LogP contribution in [0.4, 0.5) is 11.4 Å². The molecular formula is C10H14BrN3O2S. The topological polar surface area (TPSA) is 84.2 Å². The maximum Gasteiger partial charge on any atom is 0.242 e. The average molecular weight is 320 g/mol. The van der Waals surface area contributed by atoms with Gasteiger partial charge in [0, 0.05) is 16.7 Å². The molecule has 0 bridgehead atoms. The smallest absolute Gasteiger partial charge is 0.242 e. The third kappa shape index (κ3) is 3.72. The van der Waals surface area contributed by atoms with Crippen LogP contribution in [0.25, 0.3) is 0 Å². The van der Waals surface area contributed by atoms with Gasteiger partial charge >= 0.3 is 0 Å². The number of halogens is 1. The quantitative estimate of drug-likeness (QED) is 0.718. The summed E-state index contributed by atoms with van der Waals surface area (Å²) in [7, 11) is -2.16. The molecule has 0 atom stereocenters. The molecule has 7 heteroatoms. The molecule has 0 aromatic heterocycles. The molecule has 0 aliphatic heterocycles. The van der Waals surface area contributed by atoms with Crippen molar-refractivity contribution in [3.8, 4) is 0 Å². The third-order valence-corrected chi connectivity index (χ3v) is 3.82. The highest BCUT2D eigenvalue weighted by Gasteiger charge is 2.14. The Bertz CT molecular complexity index is 528. The van der Waals surface area contributed by atoms with E-state index in [0.29, 0.717) is 6.54 Å². The number of nitrogen functional groups attached to an aromatic ring is 1. The zero-order chi connectivity index (χ0) is 13.1. The van der Waals surface area contributed by atoms with Crippen molar-refractivity contribution in [1.29, 1.82) is 0 Å². The van der Waals surface area contributed by atoms with Gasteiger partial charge in [-0.1, -0.05) is 22.5 Å². The van der Waals surface area contributed by atoms with E-state index in [-0.39, 0.29) is 10.6 Å². The summed E-state index contributed by atoms with van der Waals surface area (Å²) in [5.74, 6) is 0. The zero-order valence-corrected chi connectivity index (χ0v) is 11.7. The van der Waals surface area contributed by atoms with Crippen LogP contribution in [-0.2, 0) is 10.0 Å². The Morgan fingerprint density at radius 1 is 1.53 bits per heavy atom. The van der Waals surface area contributed by atoms with E-state index in [2.05, 4.69) is 32.5 Å². The lowest BCUT2D eigenvalue weighted by Gasteiger charge is -2.10. The SMILES string of the molecule is C=C(Br)CNc1ccc(S(=O)(=O)NC)c(N)c1. The van der Waals surface area contributed by atoms with Gasteiger partial charge in [0.15, 0.2) is 0 Å². The minimum absolute atomic E-state index is 0.0724. The predicted molar refractivity (Wildman–Crippen MR) is 73.7 cm³/mol. The zero-order valence-electron chi connectivity index (χ0n) is 9.33. The number of benzene rings is 1. The number of anilines is 2. The summed E-state index contributed by atoms with van der Waals surface area (Å²) in [5.41, 5.74) is 6.63. The fraction of sp³-hybridized carbons (Fsp3) is 0.200. The van der Waals surface area contributed by atoms with E-state index in [0.717, 1.165) is 10.2 Å². The first-order valence-corrected chi connectivity index (χ1v) is 7.04. The van der Waals surface area contributed by atoms with E-state index in [1.54, 1.807) is 12.1 Å². The summed E-state index contributed by atoms with van der Waals surface area (Å²) < 4.78 is 26.1. The van der Waals surface area contributed by atoms with E-state index < -0.39 is 10.0 Å². The minimum atomic E-state index is -3.51. The first kappa shape index (κ1) is 14.0. The van der Waals surface area contributed by atoms with E-state index >= 15 is 0 Å². The van der Waals surface area contributed by atoms with E-state index in [9.17, 15) is 8.42 Å². The Labute approximate surface area is 109 Å². The van der Waals surface area contributed by atoms with E-state index in [1.165, 1.54) is 13.1 Å².